The number of carboxylic acid groups (broad SMARTS) is 1. The fourth-order valence-corrected chi connectivity index (χ4v) is 2.37. The first-order valence-corrected chi connectivity index (χ1v) is 9.69. The van der Waals surface area contributed by atoms with E-state index in [2.05, 4.69) is 16.0 Å². The molecule has 0 rings (SSSR count). The predicted octanol–water partition coefficient (Wildman–Crippen LogP) is -3.07. The van der Waals surface area contributed by atoms with Crippen molar-refractivity contribution in [2.75, 3.05) is 6.54 Å². The number of hydrogen-bond acceptors (Lipinski definition) is 7. The van der Waals surface area contributed by atoms with Crippen molar-refractivity contribution in [1.82, 2.24) is 21.3 Å². The van der Waals surface area contributed by atoms with Crippen LogP contribution in [0.3, 0.4) is 0 Å². The second-order valence-corrected chi connectivity index (χ2v) is 7.54. The van der Waals surface area contributed by atoms with Crippen LogP contribution in [0, 0.1) is 5.92 Å². The average molecular weight is 444 g/mol. The molecule has 0 aromatic rings. The number of primary amides is 1. The molecule has 0 heterocycles. The van der Waals surface area contributed by atoms with E-state index >= 15 is 0 Å². The first-order valence-electron chi connectivity index (χ1n) is 9.69. The van der Waals surface area contributed by atoms with E-state index in [4.69, 9.17) is 16.6 Å². The molecule has 13 nitrogen and oxygen atoms in total. The Bertz CT molecular complexity index is 697. The van der Waals surface area contributed by atoms with Gasteiger partial charge in [-0.2, -0.15) is 0 Å². The van der Waals surface area contributed by atoms with Gasteiger partial charge in [-0.3, -0.25) is 24.0 Å². The number of rotatable bonds is 13. The Balaban J connectivity index is 4.53. The molecule has 4 atom stereocenters. The van der Waals surface area contributed by atoms with Crippen molar-refractivity contribution in [2.24, 2.45) is 17.4 Å². The van der Waals surface area contributed by atoms with Crippen LogP contribution in [0.2, 0.25) is 0 Å². The van der Waals surface area contributed by atoms with Gasteiger partial charge in [0, 0.05) is 0 Å². The van der Waals surface area contributed by atoms with E-state index in [0.29, 0.717) is 6.42 Å². The van der Waals surface area contributed by atoms with Gasteiger partial charge in [0.2, 0.25) is 29.5 Å². The van der Waals surface area contributed by atoms with E-state index < -0.39 is 72.6 Å². The molecular weight excluding hydrogens is 412 g/mol. The van der Waals surface area contributed by atoms with Crippen molar-refractivity contribution in [3.05, 3.63) is 0 Å². The molecule has 0 saturated carbocycles. The molecule has 0 spiro atoms. The van der Waals surface area contributed by atoms with Gasteiger partial charge in [-0.1, -0.05) is 13.8 Å². The third kappa shape index (κ3) is 11.5. The number of amides is 5. The van der Waals surface area contributed by atoms with Crippen molar-refractivity contribution in [1.29, 1.82) is 0 Å². The summed E-state index contributed by atoms with van der Waals surface area (Å²) in [7, 11) is 0. The summed E-state index contributed by atoms with van der Waals surface area (Å²) in [6, 6.07) is -4.29. The molecule has 0 bridgehead atoms. The number of nitrogens with two attached hydrogens (primary N) is 2. The Morgan fingerprint density at radius 1 is 0.839 bits per heavy atom. The molecule has 0 saturated heterocycles. The lowest BCUT2D eigenvalue weighted by Crippen LogP contribution is -2.55. The molecule has 5 amide bonds. The minimum absolute atomic E-state index is 0.201. The van der Waals surface area contributed by atoms with Crippen LogP contribution in [-0.4, -0.2) is 71.3 Å². The van der Waals surface area contributed by atoms with Gasteiger partial charge in [0.1, 0.15) is 18.1 Å². The summed E-state index contributed by atoms with van der Waals surface area (Å²) < 4.78 is 0. The molecular formula is C18H32N6O7. The number of nitrogens with one attached hydrogen (secondary N) is 4. The van der Waals surface area contributed by atoms with Gasteiger partial charge in [-0.05, 0) is 26.2 Å². The fraction of sp³-hybridized carbons (Fsp3) is 0.667. The molecule has 0 fully saturated rings. The molecule has 0 aliphatic carbocycles. The van der Waals surface area contributed by atoms with Gasteiger partial charge in [0.25, 0.3) is 0 Å². The zero-order valence-corrected chi connectivity index (χ0v) is 18.1. The highest BCUT2D eigenvalue weighted by Crippen LogP contribution is 2.03. The van der Waals surface area contributed by atoms with E-state index in [1.54, 1.807) is 0 Å². The SMILES string of the molecule is CC(C)C[C@H](N)C(=O)N[C@@H](C)C(=O)N[C@@H](C)C(=O)NCC(=O)N[C@@H](CC(N)=O)C(=O)O. The highest BCUT2D eigenvalue weighted by molar-refractivity contribution is 5.94. The highest BCUT2D eigenvalue weighted by Gasteiger charge is 2.25. The van der Waals surface area contributed by atoms with E-state index in [1.165, 1.54) is 13.8 Å². The molecule has 0 aromatic carbocycles. The third-order valence-corrected chi connectivity index (χ3v) is 4.03. The number of carbonyl (C=O) groups is 6. The Morgan fingerprint density at radius 3 is 1.84 bits per heavy atom. The predicted molar refractivity (Wildman–Crippen MR) is 109 cm³/mol. The van der Waals surface area contributed by atoms with Crippen LogP contribution in [0.15, 0.2) is 0 Å². The van der Waals surface area contributed by atoms with Crippen LogP contribution < -0.4 is 32.7 Å². The van der Waals surface area contributed by atoms with Gasteiger partial charge in [0.15, 0.2) is 0 Å². The molecule has 0 radical (unpaired) electrons. The number of hydrogen-bond donors (Lipinski definition) is 7. The van der Waals surface area contributed by atoms with Crippen molar-refractivity contribution >= 4 is 35.5 Å². The minimum atomic E-state index is -1.52. The summed E-state index contributed by atoms with van der Waals surface area (Å²) >= 11 is 0. The van der Waals surface area contributed by atoms with Crippen LogP contribution in [0.5, 0.6) is 0 Å². The number of carboxylic acids is 1. The van der Waals surface area contributed by atoms with Gasteiger partial charge >= 0.3 is 5.97 Å². The van der Waals surface area contributed by atoms with E-state index in [9.17, 15) is 28.8 Å². The summed E-state index contributed by atoms with van der Waals surface area (Å²) in [5.41, 5.74) is 10.7. The average Bonchev–Trinajstić information content (AvgIpc) is 2.64. The number of aliphatic carboxylic acids is 1. The van der Waals surface area contributed by atoms with E-state index in [0.717, 1.165) is 0 Å². The van der Waals surface area contributed by atoms with Gasteiger partial charge in [0.05, 0.1) is 19.0 Å². The maximum atomic E-state index is 12.2. The number of carbonyl (C=O) groups excluding carboxylic acids is 5. The standard InChI is InChI=1S/C18H32N6O7/c1-8(2)5-11(19)17(29)23-10(4)16(28)22-9(3)15(27)21-7-14(26)24-12(18(30)31)6-13(20)25/h8-12H,5-7,19H2,1-4H3,(H2,20,25)(H,21,27)(H,22,28)(H,23,29)(H,24,26)(H,30,31)/t9-,10-,11-,12-/m0/s1. The fourth-order valence-electron chi connectivity index (χ4n) is 2.37. The monoisotopic (exact) mass is 444 g/mol. The Kier molecular flexibility index (Phi) is 11.8. The summed E-state index contributed by atoms with van der Waals surface area (Å²) in [5, 5.41) is 18.0. The van der Waals surface area contributed by atoms with Crippen LogP contribution in [-0.2, 0) is 28.8 Å². The second kappa shape index (κ2) is 13.2. The van der Waals surface area contributed by atoms with E-state index in [-0.39, 0.29) is 5.92 Å². The van der Waals surface area contributed by atoms with Crippen LogP contribution >= 0.6 is 0 Å². The second-order valence-electron chi connectivity index (χ2n) is 7.54. The molecule has 0 aliphatic rings. The molecule has 0 aliphatic heterocycles. The minimum Gasteiger partial charge on any atom is -0.480 e. The topological polar surface area (TPSA) is 223 Å². The Hall–Kier alpha value is -3.22. The Labute approximate surface area is 180 Å². The summed E-state index contributed by atoms with van der Waals surface area (Å²) in [4.78, 5) is 69.8. The van der Waals surface area contributed by atoms with Gasteiger partial charge in [-0.15, -0.1) is 0 Å². The lowest BCUT2D eigenvalue weighted by molar-refractivity contribution is -0.143. The van der Waals surface area contributed by atoms with Gasteiger partial charge < -0.3 is 37.8 Å². The smallest absolute Gasteiger partial charge is 0.326 e. The zero-order chi connectivity index (χ0) is 24.3. The summed E-state index contributed by atoms with van der Waals surface area (Å²) in [6.07, 6.45) is -0.158. The van der Waals surface area contributed by atoms with E-state index in [1.807, 2.05) is 19.2 Å². The molecule has 0 aromatic heterocycles. The van der Waals surface area contributed by atoms with Crippen molar-refractivity contribution in [3.63, 3.8) is 0 Å². The zero-order valence-electron chi connectivity index (χ0n) is 18.1. The van der Waals surface area contributed by atoms with Crippen LogP contribution in [0.4, 0.5) is 0 Å². The molecule has 13 heteroatoms. The summed E-state index contributed by atoms with van der Waals surface area (Å²) in [5.74, 6) is -4.88. The quantitative estimate of drug-likeness (QED) is 0.154. The van der Waals surface area contributed by atoms with Crippen molar-refractivity contribution in [2.45, 2.75) is 64.7 Å². The first-order chi connectivity index (χ1) is 14.2. The van der Waals surface area contributed by atoms with Crippen LogP contribution in [0.1, 0.15) is 40.5 Å². The van der Waals surface area contributed by atoms with Gasteiger partial charge in [-0.25, -0.2) is 4.79 Å². The van der Waals surface area contributed by atoms with Crippen molar-refractivity contribution < 1.29 is 33.9 Å². The first kappa shape index (κ1) is 27.8. The van der Waals surface area contributed by atoms with Crippen molar-refractivity contribution in [3.8, 4) is 0 Å². The molecule has 176 valence electrons. The normalized spacial score (nSPS) is 14.5. The maximum absolute atomic E-state index is 12.2. The largest absolute Gasteiger partial charge is 0.480 e. The summed E-state index contributed by atoms with van der Waals surface area (Å²) in [6.45, 7) is 6.01. The third-order valence-electron chi connectivity index (χ3n) is 4.03. The molecule has 9 N–H and O–H groups in total. The highest BCUT2D eigenvalue weighted by atomic mass is 16.4. The lowest BCUT2D eigenvalue weighted by Gasteiger charge is -2.20. The maximum Gasteiger partial charge on any atom is 0.326 e. The Morgan fingerprint density at radius 2 is 1.35 bits per heavy atom. The van der Waals surface area contributed by atoms with Crippen LogP contribution in [0.25, 0.3) is 0 Å². The molecule has 31 heavy (non-hydrogen) atoms. The molecule has 0 unspecified atom stereocenters. The lowest BCUT2D eigenvalue weighted by atomic mass is 10.0.